The minimum atomic E-state index is -1.30. The van der Waals surface area contributed by atoms with Crippen molar-refractivity contribution in [2.24, 2.45) is 5.73 Å². The summed E-state index contributed by atoms with van der Waals surface area (Å²) >= 11 is 1.70. The van der Waals surface area contributed by atoms with Crippen LogP contribution in [0.15, 0.2) is 0 Å². The molecule has 0 aromatic heterocycles. The molecule has 0 aliphatic carbocycles. The van der Waals surface area contributed by atoms with Crippen LogP contribution in [0.2, 0.25) is 0 Å². The summed E-state index contributed by atoms with van der Waals surface area (Å²) in [5.74, 6) is 1.51. The van der Waals surface area contributed by atoms with Gasteiger partial charge in [-0.3, -0.25) is 0 Å². The van der Waals surface area contributed by atoms with E-state index in [0.29, 0.717) is 12.8 Å². The molecule has 0 aromatic rings. The Bertz CT molecular complexity index is 258. The summed E-state index contributed by atoms with van der Waals surface area (Å²) < 4.78 is 4.88. The predicted octanol–water partition coefficient (Wildman–Crippen LogP) is 0.232. The average molecular weight is 216 g/mol. The van der Waals surface area contributed by atoms with E-state index < -0.39 is 17.8 Å². The first-order valence-electron chi connectivity index (χ1n) is 4.24. The maximum atomic E-state index is 10.7. The number of ether oxygens (including phenoxy) is 1. The molecule has 0 aromatic carbocycles. The van der Waals surface area contributed by atoms with Gasteiger partial charge in [0.25, 0.3) is 0 Å². The van der Waals surface area contributed by atoms with Gasteiger partial charge < -0.3 is 15.6 Å². The monoisotopic (exact) mass is 216 g/mol. The van der Waals surface area contributed by atoms with E-state index in [1.54, 1.807) is 17.8 Å². The van der Waals surface area contributed by atoms with Gasteiger partial charge in [-0.25, -0.2) is 4.79 Å². The number of nitrogens with two attached hydrogens (primary N) is 1. The second-order valence-corrected chi connectivity index (χ2v) is 4.35. The quantitative estimate of drug-likeness (QED) is 0.644. The van der Waals surface area contributed by atoms with E-state index in [0.717, 1.165) is 11.5 Å². The molecule has 1 atom stereocenters. The van der Waals surface area contributed by atoms with Crippen molar-refractivity contribution < 1.29 is 14.6 Å². The van der Waals surface area contributed by atoms with Crippen LogP contribution in [-0.4, -0.2) is 34.4 Å². The molecular weight excluding hydrogens is 204 g/mol. The minimum absolute atomic E-state index is 0.468. The molecule has 6 heteroatoms. The van der Waals surface area contributed by atoms with Crippen LogP contribution in [0.3, 0.4) is 0 Å². The van der Waals surface area contributed by atoms with Crippen molar-refractivity contribution in [2.45, 2.75) is 24.5 Å². The molecule has 1 amide bonds. The van der Waals surface area contributed by atoms with Crippen LogP contribution in [0.5, 0.6) is 0 Å². The number of hydrogen-bond acceptors (Lipinski definition) is 5. The van der Waals surface area contributed by atoms with E-state index in [1.807, 2.05) is 0 Å². The first-order chi connectivity index (χ1) is 6.60. The van der Waals surface area contributed by atoms with Crippen LogP contribution in [0.25, 0.3) is 0 Å². The standard InChI is InChI=1S/C8H12N2O3S/c9-5-6(11)8(13-7(10)12)1-3-14-4-2-8/h6,11H,1-4H2,(H2,10,12). The summed E-state index contributed by atoms with van der Waals surface area (Å²) in [6.45, 7) is 0. The zero-order chi connectivity index (χ0) is 10.6. The molecule has 1 heterocycles. The molecule has 1 unspecified atom stereocenters. The van der Waals surface area contributed by atoms with Gasteiger partial charge in [-0.05, 0) is 11.5 Å². The maximum Gasteiger partial charge on any atom is 0.405 e. The molecule has 1 rings (SSSR count). The number of hydrogen-bond donors (Lipinski definition) is 2. The Labute approximate surface area is 86.2 Å². The van der Waals surface area contributed by atoms with E-state index >= 15 is 0 Å². The third-order valence-electron chi connectivity index (χ3n) is 2.26. The third kappa shape index (κ3) is 2.30. The Hall–Kier alpha value is -0.930. The van der Waals surface area contributed by atoms with Crippen LogP contribution in [0.1, 0.15) is 12.8 Å². The van der Waals surface area contributed by atoms with Gasteiger partial charge in [-0.2, -0.15) is 17.0 Å². The minimum Gasteiger partial charge on any atom is -0.439 e. The number of aliphatic hydroxyl groups is 1. The molecule has 78 valence electrons. The lowest BCUT2D eigenvalue weighted by Crippen LogP contribution is -2.49. The molecule has 1 aliphatic rings. The fourth-order valence-electron chi connectivity index (χ4n) is 1.47. The topological polar surface area (TPSA) is 96.3 Å². The Kier molecular flexibility index (Phi) is 3.61. The van der Waals surface area contributed by atoms with Crippen molar-refractivity contribution in [1.82, 2.24) is 0 Å². The van der Waals surface area contributed by atoms with Crippen molar-refractivity contribution in [1.29, 1.82) is 5.26 Å². The lowest BCUT2D eigenvalue weighted by Gasteiger charge is -2.36. The number of rotatable bonds is 2. The smallest absolute Gasteiger partial charge is 0.405 e. The highest BCUT2D eigenvalue weighted by molar-refractivity contribution is 7.99. The second-order valence-electron chi connectivity index (χ2n) is 3.13. The molecule has 5 nitrogen and oxygen atoms in total. The summed E-state index contributed by atoms with van der Waals surface area (Å²) in [6.07, 6.45) is -1.30. The fourth-order valence-corrected chi connectivity index (χ4v) is 2.65. The largest absolute Gasteiger partial charge is 0.439 e. The lowest BCUT2D eigenvalue weighted by molar-refractivity contribution is -0.0609. The van der Waals surface area contributed by atoms with Gasteiger partial charge in [-0.15, -0.1) is 0 Å². The average Bonchev–Trinajstić information content (AvgIpc) is 2.17. The molecule has 0 saturated carbocycles. The van der Waals surface area contributed by atoms with Crippen molar-refractivity contribution in [3.63, 3.8) is 0 Å². The van der Waals surface area contributed by atoms with E-state index in [9.17, 15) is 9.90 Å². The van der Waals surface area contributed by atoms with Crippen LogP contribution in [0.4, 0.5) is 4.79 Å². The molecule has 1 fully saturated rings. The zero-order valence-electron chi connectivity index (χ0n) is 7.60. The molecule has 3 N–H and O–H groups in total. The Morgan fingerprint density at radius 3 is 2.64 bits per heavy atom. The van der Waals surface area contributed by atoms with Crippen LogP contribution >= 0.6 is 11.8 Å². The number of nitriles is 1. The highest BCUT2D eigenvalue weighted by Gasteiger charge is 2.43. The number of aliphatic hydroxyl groups excluding tert-OH is 1. The Morgan fingerprint density at radius 2 is 2.21 bits per heavy atom. The van der Waals surface area contributed by atoms with Gasteiger partial charge in [0.05, 0.1) is 6.07 Å². The maximum absolute atomic E-state index is 10.7. The van der Waals surface area contributed by atoms with E-state index in [4.69, 9.17) is 15.7 Å². The van der Waals surface area contributed by atoms with Gasteiger partial charge in [0, 0.05) is 12.8 Å². The van der Waals surface area contributed by atoms with Gasteiger partial charge in [0.15, 0.2) is 11.7 Å². The summed E-state index contributed by atoms with van der Waals surface area (Å²) in [4.78, 5) is 10.7. The van der Waals surface area contributed by atoms with Gasteiger partial charge >= 0.3 is 6.09 Å². The van der Waals surface area contributed by atoms with Crippen LogP contribution in [-0.2, 0) is 4.74 Å². The van der Waals surface area contributed by atoms with Gasteiger partial charge in [0.1, 0.15) is 0 Å². The number of carbonyl (C=O) groups excluding carboxylic acids is 1. The highest BCUT2D eigenvalue weighted by Crippen LogP contribution is 2.33. The Morgan fingerprint density at radius 1 is 1.64 bits per heavy atom. The summed E-state index contributed by atoms with van der Waals surface area (Å²) in [5.41, 5.74) is 3.82. The molecule has 1 aliphatic heterocycles. The number of primary amides is 1. The van der Waals surface area contributed by atoms with Crippen molar-refractivity contribution >= 4 is 17.9 Å². The van der Waals surface area contributed by atoms with E-state index in [-0.39, 0.29) is 0 Å². The third-order valence-corrected chi connectivity index (χ3v) is 3.25. The molecule has 14 heavy (non-hydrogen) atoms. The molecular formula is C8H12N2O3S. The van der Waals surface area contributed by atoms with Crippen LogP contribution in [0, 0.1) is 11.3 Å². The number of nitrogens with zero attached hydrogens (tertiary/aromatic N) is 1. The summed E-state index contributed by atoms with van der Waals surface area (Å²) in [5, 5.41) is 18.1. The highest BCUT2D eigenvalue weighted by atomic mass is 32.2. The summed E-state index contributed by atoms with van der Waals surface area (Å²) in [7, 11) is 0. The molecule has 0 radical (unpaired) electrons. The molecule has 0 spiro atoms. The molecule has 1 saturated heterocycles. The lowest BCUT2D eigenvalue weighted by atomic mass is 9.90. The summed E-state index contributed by atoms with van der Waals surface area (Å²) in [6, 6.07) is 1.69. The van der Waals surface area contributed by atoms with Crippen molar-refractivity contribution in [2.75, 3.05) is 11.5 Å². The van der Waals surface area contributed by atoms with Crippen LogP contribution < -0.4 is 5.73 Å². The fraction of sp³-hybridized carbons (Fsp3) is 0.750. The van der Waals surface area contributed by atoms with E-state index in [1.165, 1.54) is 0 Å². The SMILES string of the molecule is N#CC(O)C1(OC(N)=O)CCSCC1. The van der Waals surface area contributed by atoms with Crippen molar-refractivity contribution in [3.05, 3.63) is 0 Å². The van der Waals surface area contributed by atoms with Crippen molar-refractivity contribution in [3.8, 4) is 6.07 Å². The number of carbonyl (C=O) groups is 1. The zero-order valence-corrected chi connectivity index (χ0v) is 8.42. The second kappa shape index (κ2) is 4.53. The number of thioether (sulfide) groups is 1. The first kappa shape index (κ1) is 11.1. The normalized spacial score (nSPS) is 22.0. The molecule has 0 bridgehead atoms. The first-order valence-corrected chi connectivity index (χ1v) is 5.40. The Balaban J connectivity index is 2.77. The number of amides is 1. The van der Waals surface area contributed by atoms with Gasteiger partial charge in [-0.1, -0.05) is 0 Å². The van der Waals surface area contributed by atoms with Gasteiger partial charge in [0.2, 0.25) is 0 Å². The predicted molar refractivity (Wildman–Crippen MR) is 51.6 cm³/mol. The van der Waals surface area contributed by atoms with E-state index in [2.05, 4.69) is 0 Å².